The van der Waals surface area contributed by atoms with Crippen LogP contribution in [-0.2, 0) is 0 Å². The minimum Gasteiger partial charge on any atom is -0.306 e. The van der Waals surface area contributed by atoms with Crippen molar-refractivity contribution in [3.63, 3.8) is 0 Å². The van der Waals surface area contributed by atoms with Crippen LogP contribution in [0.25, 0.3) is 0 Å². The second-order valence-corrected chi connectivity index (χ2v) is 6.42. The van der Waals surface area contributed by atoms with E-state index in [0.29, 0.717) is 6.04 Å². The minimum absolute atomic E-state index is 0.276. The first-order chi connectivity index (χ1) is 9.10. The fourth-order valence-corrected chi connectivity index (χ4v) is 3.71. The lowest BCUT2D eigenvalue weighted by molar-refractivity contribution is 0.0731. The number of hydrogen-bond acceptors (Lipinski definition) is 4. The molecule has 1 saturated carbocycles. The summed E-state index contributed by atoms with van der Waals surface area (Å²) in [6, 6.07) is 3.86. The molecule has 1 N–H and O–H groups in total. The standard InChI is InChI=1S/C15H28N4/c1-17-15(12-16)8-4-5-14(11-15)19-9-6-13(7-10-19)18(2)3/h13-14,17H,4-11H2,1-3H3. The van der Waals surface area contributed by atoms with Gasteiger partial charge < -0.3 is 15.1 Å². The van der Waals surface area contributed by atoms with Crippen molar-refractivity contribution in [1.29, 1.82) is 5.26 Å². The fraction of sp³-hybridized carbons (Fsp3) is 0.933. The third-order valence-corrected chi connectivity index (χ3v) is 5.16. The van der Waals surface area contributed by atoms with Crippen molar-refractivity contribution in [3.8, 4) is 6.07 Å². The summed E-state index contributed by atoms with van der Waals surface area (Å²) in [7, 11) is 6.30. The van der Waals surface area contributed by atoms with Crippen molar-refractivity contribution in [2.45, 2.75) is 56.1 Å². The Balaban J connectivity index is 1.91. The van der Waals surface area contributed by atoms with Crippen molar-refractivity contribution in [3.05, 3.63) is 0 Å². The molecule has 1 aliphatic heterocycles. The van der Waals surface area contributed by atoms with Gasteiger partial charge in [0.25, 0.3) is 0 Å². The molecular formula is C15H28N4. The Morgan fingerprint density at radius 1 is 1.26 bits per heavy atom. The summed E-state index contributed by atoms with van der Waals surface area (Å²) >= 11 is 0. The lowest BCUT2D eigenvalue weighted by Gasteiger charge is -2.44. The second-order valence-electron chi connectivity index (χ2n) is 6.42. The van der Waals surface area contributed by atoms with Crippen LogP contribution in [0.3, 0.4) is 0 Å². The first-order valence-electron chi connectivity index (χ1n) is 7.61. The van der Waals surface area contributed by atoms with Crippen LogP contribution in [0.4, 0.5) is 0 Å². The predicted molar refractivity (Wildman–Crippen MR) is 77.9 cm³/mol. The van der Waals surface area contributed by atoms with Gasteiger partial charge in [0.2, 0.25) is 0 Å². The van der Waals surface area contributed by atoms with Gasteiger partial charge in [-0.1, -0.05) is 0 Å². The van der Waals surface area contributed by atoms with Crippen LogP contribution >= 0.6 is 0 Å². The Bertz CT molecular complexity index is 328. The van der Waals surface area contributed by atoms with E-state index in [9.17, 15) is 5.26 Å². The topological polar surface area (TPSA) is 42.3 Å². The molecule has 0 radical (unpaired) electrons. The summed E-state index contributed by atoms with van der Waals surface area (Å²) in [5.74, 6) is 0. The van der Waals surface area contributed by atoms with Crippen LogP contribution in [-0.4, -0.2) is 61.7 Å². The average Bonchev–Trinajstić information content (AvgIpc) is 2.47. The summed E-state index contributed by atoms with van der Waals surface area (Å²) in [5, 5.41) is 12.7. The number of nitrogens with zero attached hydrogens (tertiary/aromatic N) is 3. The Morgan fingerprint density at radius 3 is 2.47 bits per heavy atom. The molecule has 2 rings (SSSR count). The lowest BCUT2D eigenvalue weighted by atomic mass is 9.79. The van der Waals surface area contributed by atoms with E-state index >= 15 is 0 Å². The van der Waals surface area contributed by atoms with Crippen LogP contribution in [0.1, 0.15) is 38.5 Å². The Morgan fingerprint density at radius 2 is 1.95 bits per heavy atom. The van der Waals surface area contributed by atoms with Crippen molar-refractivity contribution in [1.82, 2.24) is 15.1 Å². The highest BCUT2D eigenvalue weighted by atomic mass is 15.2. The first-order valence-corrected chi connectivity index (χ1v) is 7.61. The van der Waals surface area contributed by atoms with Crippen molar-refractivity contribution < 1.29 is 0 Å². The Labute approximate surface area is 117 Å². The third-order valence-electron chi connectivity index (χ3n) is 5.16. The summed E-state index contributed by atoms with van der Waals surface area (Å²) in [4.78, 5) is 4.98. The summed E-state index contributed by atoms with van der Waals surface area (Å²) in [5.41, 5.74) is -0.276. The highest BCUT2D eigenvalue weighted by molar-refractivity contribution is 5.10. The quantitative estimate of drug-likeness (QED) is 0.837. The third kappa shape index (κ3) is 3.28. The SMILES string of the molecule is CNC1(C#N)CCCC(N2CCC(N(C)C)CC2)C1. The van der Waals surface area contributed by atoms with E-state index in [1.165, 1.54) is 38.8 Å². The molecule has 1 aliphatic carbocycles. The van der Waals surface area contributed by atoms with E-state index in [1.807, 2.05) is 7.05 Å². The van der Waals surface area contributed by atoms with E-state index in [0.717, 1.165) is 18.9 Å². The molecule has 0 bridgehead atoms. The second kappa shape index (κ2) is 6.21. The first kappa shape index (κ1) is 14.8. The van der Waals surface area contributed by atoms with Gasteiger partial charge in [0.1, 0.15) is 5.54 Å². The van der Waals surface area contributed by atoms with E-state index in [2.05, 4.69) is 35.3 Å². The number of nitriles is 1. The number of nitrogens with one attached hydrogen (secondary N) is 1. The van der Waals surface area contributed by atoms with Crippen LogP contribution in [0.5, 0.6) is 0 Å². The smallest absolute Gasteiger partial charge is 0.108 e. The maximum atomic E-state index is 9.43. The molecule has 4 heteroatoms. The van der Waals surface area contributed by atoms with Gasteiger partial charge in [0.15, 0.2) is 0 Å². The van der Waals surface area contributed by atoms with Crippen LogP contribution in [0, 0.1) is 11.3 Å². The van der Waals surface area contributed by atoms with E-state index < -0.39 is 0 Å². The van der Waals surface area contributed by atoms with Gasteiger partial charge in [-0.2, -0.15) is 5.26 Å². The van der Waals surface area contributed by atoms with Gasteiger partial charge >= 0.3 is 0 Å². The van der Waals surface area contributed by atoms with Crippen molar-refractivity contribution in [2.75, 3.05) is 34.2 Å². The highest BCUT2D eigenvalue weighted by Gasteiger charge is 2.38. The van der Waals surface area contributed by atoms with Crippen LogP contribution in [0.15, 0.2) is 0 Å². The maximum absolute atomic E-state index is 9.43. The molecule has 0 spiro atoms. The zero-order valence-electron chi connectivity index (χ0n) is 12.7. The molecule has 2 aliphatic rings. The maximum Gasteiger partial charge on any atom is 0.108 e. The molecule has 4 nitrogen and oxygen atoms in total. The largest absolute Gasteiger partial charge is 0.306 e. The number of piperidine rings is 1. The molecule has 0 aromatic carbocycles. The molecule has 2 atom stereocenters. The number of rotatable bonds is 3. The molecule has 2 unspecified atom stereocenters. The molecule has 1 heterocycles. The molecule has 2 fully saturated rings. The zero-order valence-corrected chi connectivity index (χ0v) is 12.7. The molecule has 0 aromatic heterocycles. The molecular weight excluding hydrogens is 236 g/mol. The minimum atomic E-state index is -0.276. The van der Waals surface area contributed by atoms with Gasteiger partial charge in [-0.05, 0) is 72.8 Å². The Kier molecular flexibility index (Phi) is 4.83. The normalized spacial score (nSPS) is 34.4. The summed E-state index contributed by atoms with van der Waals surface area (Å²) in [6.07, 6.45) is 6.97. The lowest BCUT2D eigenvalue weighted by Crippen LogP contribution is -2.54. The molecule has 0 aromatic rings. The molecule has 19 heavy (non-hydrogen) atoms. The molecule has 0 amide bonds. The van der Waals surface area contributed by atoms with Crippen molar-refractivity contribution in [2.24, 2.45) is 0 Å². The van der Waals surface area contributed by atoms with E-state index in [1.54, 1.807) is 0 Å². The van der Waals surface area contributed by atoms with Crippen LogP contribution < -0.4 is 5.32 Å². The van der Waals surface area contributed by atoms with Crippen molar-refractivity contribution >= 4 is 0 Å². The van der Waals surface area contributed by atoms with E-state index in [4.69, 9.17) is 0 Å². The number of likely N-dealkylation sites (tertiary alicyclic amines) is 1. The van der Waals surface area contributed by atoms with Gasteiger partial charge in [0.05, 0.1) is 6.07 Å². The molecule has 108 valence electrons. The van der Waals surface area contributed by atoms with Gasteiger partial charge in [-0.25, -0.2) is 0 Å². The number of hydrogen-bond donors (Lipinski definition) is 1. The molecule has 1 saturated heterocycles. The van der Waals surface area contributed by atoms with Gasteiger partial charge in [-0.15, -0.1) is 0 Å². The average molecular weight is 264 g/mol. The van der Waals surface area contributed by atoms with Gasteiger partial charge in [0, 0.05) is 12.1 Å². The fourth-order valence-electron chi connectivity index (χ4n) is 3.71. The Hall–Kier alpha value is -0.630. The van der Waals surface area contributed by atoms with Gasteiger partial charge in [-0.3, -0.25) is 0 Å². The van der Waals surface area contributed by atoms with Crippen LogP contribution in [0.2, 0.25) is 0 Å². The summed E-state index contributed by atoms with van der Waals surface area (Å²) in [6.45, 7) is 2.39. The zero-order chi connectivity index (χ0) is 13.9. The summed E-state index contributed by atoms with van der Waals surface area (Å²) < 4.78 is 0. The van der Waals surface area contributed by atoms with E-state index in [-0.39, 0.29) is 5.54 Å². The predicted octanol–water partition coefficient (Wildman–Crippen LogP) is 1.44. The highest BCUT2D eigenvalue weighted by Crippen LogP contribution is 2.32. The monoisotopic (exact) mass is 264 g/mol.